The third-order valence-corrected chi connectivity index (χ3v) is 7.56. The third-order valence-electron chi connectivity index (χ3n) is 6.36. The highest BCUT2D eigenvalue weighted by Crippen LogP contribution is 2.42. The zero-order valence-electron chi connectivity index (χ0n) is 16.8. The Labute approximate surface area is 167 Å². The molecule has 1 aliphatic heterocycles. The van der Waals surface area contributed by atoms with Gasteiger partial charge in [-0.15, -0.1) is 11.8 Å². The highest BCUT2D eigenvalue weighted by Gasteiger charge is 2.40. The van der Waals surface area contributed by atoms with Crippen molar-refractivity contribution in [1.82, 2.24) is 4.90 Å². The van der Waals surface area contributed by atoms with E-state index in [1.54, 1.807) is 0 Å². The lowest BCUT2D eigenvalue weighted by atomic mass is 9.81. The second-order valence-electron chi connectivity index (χ2n) is 8.53. The number of thioether (sulfide) groups is 1. The van der Waals surface area contributed by atoms with Crippen LogP contribution in [0.25, 0.3) is 0 Å². The van der Waals surface area contributed by atoms with Crippen molar-refractivity contribution < 1.29 is 19.4 Å². The van der Waals surface area contributed by atoms with Gasteiger partial charge in [-0.25, -0.2) is 4.79 Å². The number of amides is 1. The van der Waals surface area contributed by atoms with Crippen molar-refractivity contribution in [1.29, 1.82) is 0 Å². The average Bonchev–Trinajstić information content (AvgIpc) is 3.04. The van der Waals surface area contributed by atoms with Gasteiger partial charge < -0.3 is 14.7 Å². The summed E-state index contributed by atoms with van der Waals surface area (Å²) in [6.07, 6.45) is 7.58. The summed E-state index contributed by atoms with van der Waals surface area (Å²) in [6, 6.07) is 0.0841. The third kappa shape index (κ3) is 4.73. The molecule has 2 saturated carbocycles. The molecule has 1 atom stereocenters. The van der Waals surface area contributed by atoms with Gasteiger partial charge in [0.05, 0.1) is 13.2 Å². The van der Waals surface area contributed by atoms with E-state index < -0.39 is 0 Å². The Balaban J connectivity index is 1.89. The topological polar surface area (TPSA) is 66.8 Å². The molecule has 7 heteroatoms. The summed E-state index contributed by atoms with van der Waals surface area (Å²) in [5.74, 6) is 0.610. The van der Waals surface area contributed by atoms with Crippen molar-refractivity contribution in [3.05, 3.63) is 10.6 Å². The van der Waals surface area contributed by atoms with Gasteiger partial charge in [0.1, 0.15) is 12.8 Å². The SMILES string of the molecule is BC1CC(N(C(=O)C2CCC(C)CC2)C2CCC(O)CC2)=C(C(=O)OC)S1. The first-order chi connectivity index (χ1) is 12.9. The van der Waals surface area contributed by atoms with E-state index in [0.29, 0.717) is 10.8 Å². The van der Waals surface area contributed by atoms with Gasteiger partial charge in [0.25, 0.3) is 0 Å². The van der Waals surface area contributed by atoms with Crippen LogP contribution in [0.3, 0.4) is 0 Å². The van der Waals surface area contributed by atoms with Gasteiger partial charge >= 0.3 is 5.97 Å². The Kier molecular flexibility index (Phi) is 6.95. The van der Waals surface area contributed by atoms with Crippen molar-refractivity contribution in [2.75, 3.05) is 7.11 Å². The molecule has 3 aliphatic rings. The number of esters is 1. The average molecular weight is 393 g/mol. The number of aliphatic hydroxyl groups excluding tert-OH is 1. The van der Waals surface area contributed by atoms with Gasteiger partial charge in [0, 0.05) is 17.7 Å². The van der Waals surface area contributed by atoms with E-state index >= 15 is 0 Å². The maximum atomic E-state index is 13.6. The van der Waals surface area contributed by atoms with E-state index in [0.717, 1.165) is 63.5 Å². The summed E-state index contributed by atoms with van der Waals surface area (Å²) in [7, 11) is 3.50. The van der Waals surface area contributed by atoms with E-state index in [4.69, 9.17) is 4.74 Å². The molecule has 2 fully saturated rings. The van der Waals surface area contributed by atoms with E-state index in [2.05, 4.69) is 14.8 Å². The van der Waals surface area contributed by atoms with Crippen LogP contribution in [0.1, 0.15) is 64.7 Å². The fourth-order valence-corrected chi connectivity index (χ4v) is 5.84. The maximum absolute atomic E-state index is 13.6. The minimum Gasteiger partial charge on any atom is -0.465 e. The molecule has 1 heterocycles. The smallest absolute Gasteiger partial charge is 0.346 e. The maximum Gasteiger partial charge on any atom is 0.346 e. The van der Waals surface area contributed by atoms with Crippen LogP contribution < -0.4 is 0 Å². The highest BCUT2D eigenvalue weighted by atomic mass is 32.2. The predicted octanol–water partition coefficient (Wildman–Crippen LogP) is 2.43. The fourth-order valence-electron chi connectivity index (χ4n) is 4.70. The van der Waals surface area contributed by atoms with Crippen molar-refractivity contribution in [3.63, 3.8) is 0 Å². The quantitative estimate of drug-likeness (QED) is 0.587. The monoisotopic (exact) mass is 393 g/mol. The van der Waals surface area contributed by atoms with Crippen molar-refractivity contribution in [2.24, 2.45) is 11.8 Å². The van der Waals surface area contributed by atoms with Gasteiger partial charge in [0.15, 0.2) is 0 Å². The zero-order chi connectivity index (χ0) is 19.6. The van der Waals surface area contributed by atoms with Gasteiger partial charge in [0.2, 0.25) is 5.91 Å². The summed E-state index contributed by atoms with van der Waals surface area (Å²) in [5, 5.41) is 10.2. The van der Waals surface area contributed by atoms with Crippen molar-refractivity contribution >= 4 is 31.5 Å². The molecule has 0 radical (unpaired) electrons. The van der Waals surface area contributed by atoms with E-state index in [1.165, 1.54) is 18.9 Å². The van der Waals surface area contributed by atoms with Crippen LogP contribution in [-0.4, -0.2) is 54.1 Å². The lowest BCUT2D eigenvalue weighted by Crippen LogP contribution is -2.46. The lowest BCUT2D eigenvalue weighted by Gasteiger charge is -2.40. The Bertz CT molecular complexity index is 595. The van der Waals surface area contributed by atoms with Gasteiger partial charge in [-0.2, -0.15) is 0 Å². The van der Waals surface area contributed by atoms with Gasteiger partial charge in [-0.3, -0.25) is 4.79 Å². The molecule has 0 aromatic carbocycles. The second kappa shape index (κ2) is 9.04. The van der Waals surface area contributed by atoms with Crippen LogP contribution >= 0.6 is 11.8 Å². The Morgan fingerprint density at radius 2 is 1.74 bits per heavy atom. The van der Waals surface area contributed by atoms with Crippen LogP contribution in [0.2, 0.25) is 0 Å². The molecule has 1 amide bonds. The summed E-state index contributed by atoms with van der Waals surface area (Å²) in [6.45, 7) is 2.26. The van der Waals surface area contributed by atoms with E-state index in [1.807, 2.05) is 4.90 Å². The Morgan fingerprint density at radius 3 is 2.33 bits per heavy atom. The van der Waals surface area contributed by atoms with Crippen LogP contribution in [0.5, 0.6) is 0 Å². The number of allylic oxidation sites excluding steroid dienone is 1. The number of carbonyl (C=O) groups excluding carboxylic acids is 2. The molecule has 0 saturated heterocycles. The molecule has 0 bridgehead atoms. The number of rotatable bonds is 4. The molecule has 3 rings (SSSR count). The number of hydrogen-bond acceptors (Lipinski definition) is 5. The van der Waals surface area contributed by atoms with Crippen molar-refractivity contribution in [2.45, 2.75) is 82.0 Å². The largest absolute Gasteiger partial charge is 0.465 e. The Morgan fingerprint density at radius 1 is 1.11 bits per heavy atom. The van der Waals surface area contributed by atoms with E-state index in [-0.39, 0.29) is 35.1 Å². The molecule has 0 aromatic heterocycles. The van der Waals surface area contributed by atoms with E-state index in [9.17, 15) is 14.7 Å². The van der Waals surface area contributed by atoms with Crippen LogP contribution in [-0.2, 0) is 14.3 Å². The number of nitrogens with zero attached hydrogens (tertiary/aromatic N) is 1. The van der Waals surface area contributed by atoms with Crippen LogP contribution in [0.4, 0.5) is 0 Å². The van der Waals surface area contributed by atoms with Crippen LogP contribution in [0, 0.1) is 11.8 Å². The Hall–Kier alpha value is -0.945. The molecule has 27 heavy (non-hydrogen) atoms. The number of carbonyl (C=O) groups is 2. The molecule has 0 aromatic rings. The summed E-state index contributed by atoms with van der Waals surface area (Å²) < 4.78 is 5.01. The number of ether oxygens (including phenoxy) is 1. The summed E-state index contributed by atoms with van der Waals surface area (Å²) in [4.78, 5) is 28.5. The standard InChI is InChI=1S/C20H32BNO4S/c1-12-3-5-13(6-4-12)19(24)22(14-7-9-15(23)10-8-14)16-11-17(21)27-18(16)20(25)26-2/h12-15,17,23H,3-11,21H2,1-2H3. The summed E-state index contributed by atoms with van der Waals surface area (Å²) >= 11 is 1.53. The first-order valence-corrected chi connectivity index (χ1v) is 11.3. The lowest BCUT2D eigenvalue weighted by molar-refractivity contribution is -0.138. The highest BCUT2D eigenvalue weighted by molar-refractivity contribution is 8.05. The molecule has 2 aliphatic carbocycles. The second-order valence-corrected chi connectivity index (χ2v) is 9.98. The molecule has 0 spiro atoms. The van der Waals surface area contributed by atoms with Crippen LogP contribution in [0.15, 0.2) is 10.6 Å². The molecule has 1 N–H and O–H groups in total. The molecule has 1 unspecified atom stereocenters. The minimum absolute atomic E-state index is 0.0559. The molecular formula is C20H32BNO4S. The van der Waals surface area contributed by atoms with Gasteiger partial charge in [-0.05, 0) is 68.9 Å². The zero-order valence-corrected chi connectivity index (χ0v) is 17.6. The molecule has 150 valence electrons. The molecular weight excluding hydrogens is 361 g/mol. The normalized spacial score (nSPS) is 34.4. The van der Waals surface area contributed by atoms with Crippen molar-refractivity contribution in [3.8, 4) is 0 Å². The fraction of sp³-hybridized carbons (Fsp3) is 0.800. The summed E-state index contributed by atoms with van der Waals surface area (Å²) in [5.41, 5.74) is 0.865. The first-order valence-electron chi connectivity index (χ1n) is 10.4. The minimum atomic E-state index is -0.328. The number of aliphatic hydroxyl groups is 1. The number of hydrogen-bond donors (Lipinski definition) is 1. The van der Waals surface area contributed by atoms with Gasteiger partial charge in [-0.1, -0.05) is 6.92 Å². The predicted molar refractivity (Wildman–Crippen MR) is 110 cm³/mol. The number of methoxy groups -OCH3 is 1. The first kappa shape index (κ1) is 20.8. The molecule has 5 nitrogen and oxygen atoms in total.